The summed E-state index contributed by atoms with van der Waals surface area (Å²) in [4.78, 5) is 32.7. The quantitative estimate of drug-likeness (QED) is 0.398. The number of fused-ring (bicyclic) bond motifs is 7. The van der Waals surface area contributed by atoms with Gasteiger partial charge in [-0.2, -0.15) is 0 Å². The number of halogens is 2. The number of aromatic hydroxyl groups is 1. The van der Waals surface area contributed by atoms with E-state index < -0.39 is 40.9 Å². The van der Waals surface area contributed by atoms with Gasteiger partial charge in [0.05, 0.1) is 22.1 Å². The van der Waals surface area contributed by atoms with Crippen molar-refractivity contribution in [2.45, 2.75) is 31.5 Å². The van der Waals surface area contributed by atoms with E-state index in [1.807, 2.05) is 29.3 Å². The maximum atomic E-state index is 15.6. The highest BCUT2D eigenvalue weighted by Crippen LogP contribution is 2.50. The molecule has 4 aromatic rings. The Bertz CT molecular complexity index is 1670. The van der Waals surface area contributed by atoms with Gasteiger partial charge in [-0.1, -0.05) is 30.3 Å². The molecule has 2 atom stereocenters. The molecule has 0 bridgehead atoms. The standard InChI is InChI=1S/C27H20F2N4O3S/c28-17-9-8-16-20(21(17)29)22-26(37-13-30-22)15-6-2-1-5-14(15)23(16)33-19-7-3-4-11-31(19)27(36)24-25(35)18(34)10-12-32(24)33/h1-2,5-6,8-10,12-13,19,23,35H,3-4,7,11H2. The lowest BCUT2D eigenvalue weighted by atomic mass is 9.91. The monoisotopic (exact) mass is 518 g/mol. The Morgan fingerprint density at radius 2 is 1.86 bits per heavy atom. The van der Waals surface area contributed by atoms with Crippen LogP contribution in [0.3, 0.4) is 0 Å². The number of rotatable bonds is 1. The molecule has 2 unspecified atom stereocenters. The van der Waals surface area contributed by atoms with E-state index in [4.69, 9.17) is 0 Å². The van der Waals surface area contributed by atoms with Crippen molar-refractivity contribution < 1.29 is 18.7 Å². The Labute approximate surface area is 213 Å². The molecule has 186 valence electrons. The number of amides is 1. The third-order valence-corrected chi connectivity index (χ3v) is 8.39. The molecule has 7 rings (SSSR count). The lowest BCUT2D eigenvalue weighted by molar-refractivity contribution is 0.0463. The van der Waals surface area contributed by atoms with Gasteiger partial charge in [-0.25, -0.2) is 13.8 Å². The first-order valence-electron chi connectivity index (χ1n) is 12.0. The first-order chi connectivity index (χ1) is 18.0. The van der Waals surface area contributed by atoms with Crippen molar-refractivity contribution in [1.29, 1.82) is 0 Å². The SMILES string of the molecule is O=C1c2c(O)c(=O)ccn2N(C2c3ccccc3-c3scnc3-c3c2ccc(F)c3F)C2CCCCN12. The number of carbonyl (C=O) groups is 1. The number of aromatic nitrogens is 2. The summed E-state index contributed by atoms with van der Waals surface area (Å²) in [5.74, 6) is -3.02. The van der Waals surface area contributed by atoms with Gasteiger partial charge < -0.3 is 10.0 Å². The van der Waals surface area contributed by atoms with Gasteiger partial charge in [0.2, 0.25) is 5.43 Å². The number of carbonyl (C=O) groups excluding carboxylic acids is 1. The largest absolute Gasteiger partial charge is 0.502 e. The van der Waals surface area contributed by atoms with E-state index in [0.29, 0.717) is 24.2 Å². The van der Waals surface area contributed by atoms with Crippen LogP contribution in [0.4, 0.5) is 8.78 Å². The fourth-order valence-corrected chi connectivity index (χ4v) is 6.80. The first kappa shape index (κ1) is 22.2. The molecule has 1 amide bonds. The van der Waals surface area contributed by atoms with Crippen molar-refractivity contribution in [3.8, 4) is 27.4 Å². The Balaban J connectivity index is 1.59. The second-order valence-corrected chi connectivity index (χ2v) is 10.3. The molecule has 2 aromatic carbocycles. The van der Waals surface area contributed by atoms with Gasteiger partial charge >= 0.3 is 0 Å². The summed E-state index contributed by atoms with van der Waals surface area (Å²) in [6, 6.07) is 10.8. The molecule has 0 spiro atoms. The zero-order chi connectivity index (χ0) is 25.4. The maximum absolute atomic E-state index is 15.6. The van der Waals surface area contributed by atoms with Crippen molar-refractivity contribution >= 4 is 17.2 Å². The Kier molecular flexibility index (Phi) is 4.78. The fraction of sp³-hybridized carbons (Fsp3) is 0.222. The van der Waals surface area contributed by atoms with Gasteiger partial charge in [0, 0.05) is 24.4 Å². The van der Waals surface area contributed by atoms with Crippen molar-refractivity contribution in [2.75, 3.05) is 11.6 Å². The zero-order valence-corrected chi connectivity index (χ0v) is 20.2. The lowest BCUT2D eigenvalue weighted by Gasteiger charge is -2.51. The molecular weight excluding hydrogens is 498 g/mol. The summed E-state index contributed by atoms with van der Waals surface area (Å²) in [6.45, 7) is 0.455. The minimum absolute atomic E-state index is 0.0727. The molecule has 1 N–H and O–H groups in total. The number of nitrogens with zero attached hydrogens (tertiary/aromatic N) is 4. The molecular formula is C27H20F2N4O3S. The third-order valence-electron chi connectivity index (χ3n) is 7.53. The Morgan fingerprint density at radius 1 is 1.03 bits per heavy atom. The van der Waals surface area contributed by atoms with Crippen LogP contribution in [-0.4, -0.2) is 38.3 Å². The van der Waals surface area contributed by atoms with Gasteiger partial charge in [0.15, 0.2) is 23.1 Å². The molecule has 0 saturated carbocycles. The third kappa shape index (κ3) is 2.99. The highest BCUT2D eigenvalue weighted by Gasteiger charge is 2.46. The average molecular weight is 519 g/mol. The maximum Gasteiger partial charge on any atom is 0.278 e. The van der Waals surface area contributed by atoms with Crippen LogP contribution in [0.2, 0.25) is 0 Å². The van der Waals surface area contributed by atoms with Crippen LogP contribution >= 0.6 is 11.3 Å². The second kappa shape index (κ2) is 7.97. The van der Waals surface area contributed by atoms with Crippen molar-refractivity contribution in [2.24, 2.45) is 0 Å². The van der Waals surface area contributed by atoms with Crippen LogP contribution in [0.1, 0.15) is 46.9 Å². The summed E-state index contributed by atoms with van der Waals surface area (Å²) in [6.07, 6.45) is 3.32. The molecule has 2 aromatic heterocycles. The van der Waals surface area contributed by atoms with Crippen LogP contribution in [-0.2, 0) is 0 Å². The summed E-state index contributed by atoms with van der Waals surface area (Å²) >= 11 is 1.35. The van der Waals surface area contributed by atoms with Gasteiger partial charge in [0.25, 0.3) is 5.91 Å². The zero-order valence-electron chi connectivity index (χ0n) is 19.4. The van der Waals surface area contributed by atoms with Crippen LogP contribution < -0.4 is 10.4 Å². The van der Waals surface area contributed by atoms with E-state index >= 15 is 4.39 Å². The number of hydrogen-bond acceptors (Lipinski definition) is 6. The predicted molar refractivity (Wildman–Crippen MR) is 134 cm³/mol. The first-order valence-corrected chi connectivity index (χ1v) is 12.9. The molecule has 10 heteroatoms. The van der Waals surface area contributed by atoms with Crippen molar-refractivity contribution in [1.82, 2.24) is 14.6 Å². The van der Waals surface area contributed by atoms with E-state index in [2.05, 4.69) is 4.98 Å². The molecule has 0 radical (unpaired) electrons. The van der Waals surface area contributed by atoms with Crippen LogP contribution in [0, 0.1) is 11.6 Å². The van der Waals surface area contributed by atoms with Gasteiger partial charge in [-0.05, 0) is 42.0 Å². The van der Waals surface area contributed by atoms with E-state index in [0.717, 1.165) is 34.9 Å². The molecule has 3 aliphatic rings. The van der Waals surface area contributed by atoms with Crippen molar-refractivity contribution in [3.63, 3.8) is 0 Å². The molecule has 4 heterocycles. The molecule has 7 nitrogen and oxygen atoms in total. The lowest BCUT2D eigenvalue weighted by Crippen LogP contribution is -2.63. The van der Waals surface area contributed by atoms with Gasteiger partial charge in [-0.15, -0.1) is 11.3 Å². The minimum Gasteiger partial charge on any atom is -0.502 e. The minimum atomic E-state index is -0.987. The molecule has 1 saturated heterocycles. The van der Waals surface area contributed by atoms with Crippen LogP contribution in [0.15, 0.2) is 59.0 Å². The van der Waals surface area contributed by atoms with E-state index in [-0.39, 0.29) is 11.3 Å². The summed E-state index contributed by atoms with van der Waals surface area (Å²) in [7, 11) is 0. The van der Waals surface area contributed by atoms with Crippen LogP contribution in [0.25, 0.3) is 21.7 Å². The Morgan fingerprint density at radius 3 is 2.73 bits per heavy atom. The van der Waals surface area contributed by atoms with Crippen LogP contribution in [0.5, 0.6) is 5.75 Å². The summed E-state index contributed by atoms with van der Waals surface area (Å²) < 4.78 is 31.8. The number of pyridine rings is 1. The number of hydrogen-bond donors (Lipinski definition) is 1. The number of benzene rings is 2. The molecule has 2 aliphatic heterocycles. The topological polar surface area (TPSA) is 78.7 Å². The molecule has 1 fully saturated rings. The second-order valence-electron chi connectivity index (χ2n) is 9.42. The van der Waals surface area contributed by atoms with Crippen molar-refractivity contribution in [3.05, 3.63) is 92.9 Å². The smallest absolute Gasteiger partial charge is 0.278 e. The normalized spacial score (nSPS) is 19.9. The Hall–Kier alpha value is -4.05. The van der Waals surface area contributed by atoms with E-state index in [1.165, 1.54) is 28.3 Å². The number of thiazole rings is 1. The average Bonchev–Trinajstić information content (AvgIpc) is 3.35. The van der Waals surface area contributed by atoms with Gasteiger partial charge in [-0.3, -0.25) is 19.3 Å². The van der Waals surface area contributed by atoms with Gasteiger partial charge in [0.1, 0.15) is 6.17 Å². The summed E-state index contributed by atoms with van der Waals surface area (Å²) in [5.41, 5.74) is 3.40. The highest BCUT2D eigenvalue weighted by atomic mass is 32.1. The molecule has 37 heavy (non-hydrogen) atoms. The van der Waals surface area contributed by atoms with E-state index in [9.17, 15) is 19.1 Å². The predicted octanol–water partition coefficient (Wildman–Crippen LogP) is 4.63. The highest BCUT2D eigenvalue weighted by molar-refractivity contribution is 7.13. The van der Waals surface area contributed by atoms with E-state index in [1.54, 1.807) is 16.5 Å². The fourth-order valence-electron chi connectivity index (χ4n) is 5.95. The molecule has 1 aliphatic carbocycles. The summed E-state index contributed by atoms with van der Waals surface area (Å²) in [5, 5.41) is 12.6. The number of piperidine rings is 1.